The van der Waals surface area contributed by atoms with Crippen molar-refractivity contribution in [3.05, 3.63) is 55.0 Å². The summed E-state index contributed by atoms with van der Waals surface area (Å²) < 4.78 is 6.12. The van der Waals surface area contributed by atoms with Gasteiger partial charge in [-0.3, -0.25) is 4.79 Å². The van der Waals surface area contributed by atoms with Gasteiger partial charge in [0.1, 0.15) is 0 Å². The van der Waals surface area contributed by atoms with Crippen molar-refractivity contribution in [2.45, 2.75) is 19.3 Å². The van der Waals surface area contributed by atoms with Gasteiger partial charge in [0, 0.05) is 10.7 Å². The van der Waals surface area contributed by atoms with E-state index in [0.717, 1.165) is 16.8 Å². The number of ether oxygens (including phenoxy) is 1. The van der Waals surface area contributed by atoms with Crippen LogP contribution in [0, 0.1) is 10.5 Å². The minimum atomic E-state index is -0.272. The van der Waals surface area contributed by atoms with Gasteiger partial charge in [0.15, 0.2) is 17.0 Å². The van der Waals surface area contributed by atoms with E-state index in [2.05, 4.69) is 10.6 Å². The molecule has 0 radical (unpaired) electrons. The molecular weight excluding hydrogens is 499 g/mol. The molecule has 1 aliphatic rings. The Morgan fingerprint density at radius 2 is 2.19 bits per heavy atom. The second kappa shape index (κ2) is 8.62. The number of amides is 1. The molecule has 1 saturated heterocycles. The highest BCUT2D eigenvalue weighted by atomic mass is 127. The molecule has 3 rings (SSSR count). The van der Waals surface area contributed by atoms with Crippen molar-refractivity contribution < 1.29 is 14.6 Å². The van der Waals surface area contributed by atoms with E-state index >= 15 is 0 Å². The van der Waals surface area contributed by atoms with Crippen molar-refractivity contribution in [1.82, 2.24) is 5.32 Å². The summed E-state index contributed by atoms with van der Waals surface area (Å²) in [5, 5.41) is 16.9. The fraction of sp³-hybridized carbons (Fsp3) is 0.211. The smallest absolute Gasteiger partial charge is 0.260 e. The molecule has 3 N–H and O–H groups in total. The Balaban J connectivity index is 1.79. The first-order chi connectivity index (χ1) is 12.9. The summed E-state index contributed by atoms with van der Waals surface area (Å²) >= 11 is 9.43. The van der Waals surface area contributed by atoms with Crippen LogP contribution >= 0.6 is 46.0 Å². The molecule has 1 heterocycles. The first kappa shape index (κ1) is 20.2. The lowest BCUT2D eigenvalue weighted by Gasteiger charge is -2.15. The molecule has 1 unspecified atom stereocenters. The minimum absolute atomic E-state index is 0.112. The Labute approximate surface area is 180 Å². The maximum atomic E-state index is 12.3. The zero-order valence-corrected chi connectivity index (χ0v) is 18.4. The van der Waals surface area contributed by atoms with E-state index < -0.39 is 0 Å². The van der Waals surface area contributed by atoms with Crippen molar-refractivity contribution in [1.29, 1.82) is 0 Å². The number of benzene rings is 2. The first-order valence-electron chi connectivity index (χ1n) is 8.24. The van der Waals surface area contributed by atoms with Crippen LogP contribution in [0.2, 0.25) is 5.02 Å². The molecule has 1 fully saturated rings. The highest BCUT2D eigenvalue weighted by Crippen LogP contribution is 2.36. The lowest BCUT2D eigenvalue weighted by molar-refractivity contribution is -0.116. The molecule has 5 nitrogen and oxygen atoms in total. The molecular formula is C19H18ClIN2O3S. The van der Waals surface area contributed by atoms with Gasteiger partial charge in [0.2, 0.25) is 0 Å². The highest BCUT2D eigenvalue weighted by molar-refractivity contribution is 14.1. The molecule has 2 aromatic rings. The molecule has 0 aromatic heterocycles. The highest BCUT2D eigenvalue weighted by Gasteiger charge is 2.27. The molecule has 8 heteroatoms. The van der Waals surface area contributed by atoms with Gasteiger partial charge < -0.3 is 20.5 Å². The fourth-order valence-corrected chi connectivity index (χ4v) is 4.42. The summed E-state index contributed by atoms with van der Waals surface area (Å²) in [6, 6.07) is 9.11. The lowest BCUT2D eigenvalue weighted by atomic mass is 10.2. The molecule has 142 valence electrons. The van der Waals surface area contributed by atoms with E-state index in [1.807, 2.05) is 60.7 Å². The monoisotopic (exact) mass is 516 g/mol. The van der Waals surface area contributed by atoms with Crippen LogP contribution in [-0.2, 0) is 4.79 Å². The van der Waals surface area contributed by atoms with Gasteiger partial charge in [0.05, 0.1) is 15.1 Å². The number of anilines is 1. The third-order valence-corrected chi connectivity index (χ3v) is 5.94. The van der Waals surface area contributed by atoms with Crippen molar-refractivity contribution in [2.24, 2.45) is 0 Å². The molecule has 0 bridgehead atoms. The fourth-order valence-electron chi connectivity index (χ4n) is 2.59. The second-order valence-electron chi connectivity index (χ2n) is 5.87. The van der Waals surface area contributed by atoms with Crippen LogP contribution < -0.4 is 15.4 Å². The van der Waals surface area contributed by atoms with E-state index in [4.69, 9.17) is 16.3 Å². The minimum Gasteiger partial charge on any atom is -0.504 e. The van der Waals surface area contributed by atoms with Crippen molar-refractivity contribution >= 4 is 63.6 Å². The van der Waals surface area contributed by atoms with Crippen LogP contribution in [-0.4, -0.2) is 23.1 Å². The van der Waals surface area contributed by atoms with Gasteiger partial charge in [-0.25, -0.2) is 0 Å². The van der Waals surface area contributed by atoms with Gasteiger partial charge >= 0.3 is 0 Å². The van der Waals surface area contributed by atoms with E-state index in [9.17, 15) is 9.90 Å². The third kappa shape index (κ3) is 4.83. The molecule has 1 atom stereocenters. The quantitative estimate of drug-likeness (QED) is 0.387. The van der Waals surface area contributed by atoms with Crippen LogP contribution in [0.1, 0.15) is 18.1 Å². The second-order valence-corrected chi connectivity index (χ2v) is 8.61. The maximum absolute atomic E-state index is 12.3. The lowest BCUT2D eigenvalue weighted by Crippen LogP contribution is -2.31. The number of phenolic OH excluding ortho intramolecular Hbond substituents is 1. The summed E-state index contributed by atoms with van der Waals surface area (Å²) in [5.74, 6) is 0.372. The number of rotatable bonds is 5. The predicted octanol–water partition coefficient (Wildman–Crippen LogP) is 4.96. The van der Waals surface area contributed by atoms with E-state index in [1.165, 1.54) is 11.8 Å². The number of hydrogen-bond acceptors (Lipinski definition) is 5. The molecule has 1 aliphatic heterocycles. The van der Waals surface area contributed by atoms with E-state index in [1.54, 1.807) is 12.1 Å². The number of aromatic hydroxyl groups is 1. The summed E-state index contributed by atoms with van der Waals surface area (Å²) in [7, 11) is 0. The Kier molecular flexibility index (Phi) is 6.44. The number of aryl methyl sites for hydroxylation is 1. The Hall–Kier alpha value is -1.58. The average molecular weight is 517 g/mol. The normalized spacial score (nSPS) is 17.9. The van der Waals surface area contributed by atoms with E-state index in [-0.39, 0.29) is 17.2 Å². The Morgan fingerprint density at radius 1 is 1.41 bits per heavy atom. The summed E-state index contributed by atoms with van der Waals surface area (Å²) in [5.41, 5.74) is 2.44. The van der Waals surface area contributed by atoms with E-state index in [0.29, 0.717) is 25.9 Å². The van der Waals surface area contributed by atoms with Crippen molar-refractivity contribution in [2.75, 3.05) is 11.9 Å². The van der Waals surface area contributed by atoms with Crippen LogP contribution in [0.25, 0.3) is 6.08 Å². The van der Waals surface area contributed by atoms with Gasteiger partial charge in [-0.2, -0.15) is 0 Å². The maximum Gasteiger partial charge on any atom is 0.260 e. The number of thioether (sulfide) groups is 1. The Bertz CT molecular complexity index is 920. The number of halogens is 2. The molecule has 2 aromatic carbocycles. The van der Waals surface area contributed by atoms with Gasteiger partial charge in [-0.05, 0) is 84.0 Å². The van der Waals surface area contributed by atoms with Crippen LogP contribution in [0.5, 0.6) is 11.5 Å². The largest absolute Gasteiger partial charge is 0.504 e. The topological polar surface area (TPSA) is 70.6 Å². The molecule has 0 spiro atoms. The van der Waals surface area contributed by atoms with Crippen LogP contribution in [0.4, 0.5) is 5.69 Å². The van der Waals surface area contributed by atoms with Gasteiger partial charge in [0.25, 0.3) is 5.91 Å². The number of carbonyl (C=O) groups excluding carboxylic acids is 1. The summed E-state index contributed by atoms with van der Waals surface area (Å²) in [6.45, 7) is 4.26. The average Bonchev–Trinajstić information content (AvgIpc) is 2.94. The number of carbonyl (C=O) groups is 1. The first-order valence-corrected chi connectivity index (χ1v) is 10.6. The van der Waals surface area contributed by atoms with Crippen molar-refractivity contribution in [3.8, 4) is 11.5 Å². The molecule has 0 saturated carbocycles. The predicted molar refractivity (Wildman–Crippen MR) is 119 cm³/mol. The summed E-state index contributed by atoms with van der Waals surface area (Å²) in [6.07, 6.45) is 1.79. The standard InChI is InChI=1S/C19H18ClIN2O3S/c1-3-26-15-8-11(7-13(21)17(15)24)9-16-18(25)23-19(27-16)22-14-5-4-12(20)6-10(14)2/h4-9,19,22,24H,3H2,1-2H3,(H,23,25)/b16-9-. The summed E-state index contributed by atoms with van der Waals surface area (Å²) in [4.78, 5) is 12.9. The molecule has 1 amide bonds. The zero-order chi connectivity index (χ0) is 19.6. The van der Waals surface area contributed by atoms with Gasteiger partial charge in [-0.1, -0.05) is 23.4 Å². The van der Waals surface area contributed by atoms with Crippen LogP contribution in [0.15, 0.2) is 35.2 Å². The number of phenols is 1. The Morgan fingerprint density at radius 3 is 2.89 bits per heavy atom. The molecule has 27 heavy (non-hydrogen) atoms. The van der Waals surface area contributed by atoms with Crippen LogP contribution in [0.3, 0.4) is 0 Å². The van der Waals surface area contributed by atoms with Crippen molar-refractivity contribution in [3.63, 3.8) is 0 Å². The number of nitrogens with one attached hydrogen (secondary N) is 2. The van der Waals surface area contributed by atoms with Gasteiger partial charge in [-0.15, -0.1) is 0 Å². The third-order valence-electron chi connectivity index (χ3n) is 3.85. The SMILES string of the molecule is CCOc1cc(/C=C2\SC(Nc3ccc(Cl)cc3C)NC2=O)cc(I)c1O. The molecule has 0 aliphatic carbocycles. The number of hydrogen-bond donors (Lipinski definition) is 3. The zero-order valence-electron chi connectivity index (χ0n) is 14.7.